The van der Waals surface area contributed by atoms with Crippen LogP contribution in [0.1, 0.15) is 18.5 Å². The van der Waals surface area contributed by atoms with Crippen LogP contribution in [0.4, 0.5) is 0 Å². The fourth-order valence-electron chi connectivity index (χ4n) is 1.94. The van der Waals surface area contributed by atoms with Gasteiger partial charge in [0.05, 0.1) is 0 Å². The van der Waals surface area contributed by atoms with E-state index in [-0.39, 0.29) is 0 Å². The Balaban J connectivity index is 2.01. The molecule has 19 heavy (non-hydrogen) atoms. The Kier molecular flexibility index (Phi) is 5.77. The van der Waals surface area contributed by atoms with E-state index in [1.165, 1.54) is 10.5 Å². The Hall–Kier alpha value is -0.960. The van der Waals surface area contributed by atoms with Gasteiger partial charge in [-0.2, -0.15) is 0 Å². The van der Waals surface area contributed by atoms with Gasteiger partial charge >= 0.3 is 0 Å². The van der Waals surface area contributed by atoms with Gasteiger partial charge in [-0.05, 0) is 30.3 Å². The molecule has 3 heteroatoms. The molecule has 1 atom stereocenters. The lowest BCUT2D eigenvalue weighted by Gasteiger charge is -2.18. The molecule has 0 spiro atoms. The highest BCUT2D eigenvalue weighted by Crippen LogP contribution is 2.26. The molecule has 0 fully saturated rings. The Labute approximate surface area is 124 Å². The molecule has 0 saturated heterocycles. The van der Waals surface area contributed by atoms with E-state index in [4.69, 9.17) is 11.6 Å². The number of rotatable bonds is 6. The van der Waals surface area contributed by atoms with Crippen molar-refractivity contribution in [2.75, 3.05) is 12.3 Å². The molecule has 2 rings (SSSR count). The van der Waals surface area contributed by atoms with Gasteiger partial charge in [0.2, 0.25) is 0 Å². The summed E-state index contributed by atoms with van der Waals surface area (Å²) in [5.74, 6) is 0.998. The van der Waals surface area contributed by atoms with Crippen molar-refractivity contribution in [2.24, 2.45) is 0 Å². The lowest BCUT2D eigenvalue weighted by molar-refractivity contribution is 0.606. The van der Waals surface area contributed by atoms with Crippen molar-refractivity contribution in [1.29, 1.82) is 0 Å². The number of thioether (sulfide) groups is 1. The summed E-state index contributed by atoms with van der Waals surface area (Å²) < 4.78 is 0. The molecule has 2 aromatic rings. The number of nitrogens with one attached hydrogen (secondary N) is 1. The lowest BCUT2D eigenvalue weighted by Crippen LogP contribution is -2.22. The van der Waals surface area contributed by atoms with Crippen molar-refractivity contribution in [2.45, 2.75) is 17.9 Å². The molecular weight excluding hydrogens is 274 g/mol. The molecule has 0 aliphatic heterocycles. The molecule has 0 aliphatic carbocycles. The second-order valence-corrected chi connectivity index (χ2v) is 5.82. The molecule has 1 N–H and O–H groups in total. The summed E-state index contributed by atoms with van der Waals surface area (Å²) in [6.45, 7) is 3.11. The summed E-state index contributed by atoms with van der Waals surface area (Å²) in [6, 6.07) is 19.0. The molecule has 1 nitrogen and oxygen atoms in total. The monoisotopic (exact) mass is 291 g/mol. The molecule has 100 valence electrons. The zero-order valence-electron chi connectivity index (χ0n) is 11.0. The molecule has 1 unspecified atom stereocenters. The summed E-state index contributed by atoms with van der Waals surface area (Å²) in [7, 11) is 0. The Bertz CT molecular complexity index is 501. The van der Waals surface area contributed by atoms with E-state index in [1.807, 2.05) is 30.0 Å². The minimum atomic E-state index is 0.371. The molecule has 0 aromatic heterocycles. The Morgan fingerprint density at radius 3 is 2.58 bits per heavy atom. The first-order valence-corrected chi connectivity index (χ1v) is 7.82. The topological polar surface area (TPSA) is 12.0 Å². The summed E-state index contributed by atoms with van der Waals surface area (Å²) in [4.78, 5) is 1.21. The summed E-state index contributed by atoms with van der Waals surface area (Å²) >= 11 is 7.84. The van der Waals surface area contributed by atoms with Crippen LogP contribution < -0.4 is 5.32 Å². The van der Waals surface area contributed by atoms with Crippen molar-refractivity contribution in [3.8, 4) is 0 Å². The predicted octanol–water partition coefficient (Wildman–Crippen LogP) is 4.78. The number of benzene rings is 2. The summed E-state index contributed by atoms with van der Waals surface area (Å²) in [5.41, 5.74) is 1.33. The quantitative estimate of drug-likeness (QED) is 0.769. The van der Waals surface area contributed by atoms with Gasteiger partial charge < -0.3 is 5.32 Å². The van der Waals surface area contributed by atoms with Crippen LogP contribution >= 0.6 is 23.4 Å². The lowest BCUT2D eigenvalue weighted by atomic mass is 10.1. The van der Waals surface area contributed by atoms with Gasteiger partial charge in [-0.25, -0.2) is 0 Å². The van der Waals surface area contributed by atoms with E-state index < -0.39 is 0 Å². The highest BCUT2D eigenvalue weighted by atomic mass is 35.5. The first-order chi connectivity index (χ1) is 9.29. The van der Waals surface area contributed by atoms with Crippen LogP contribution in [0.2, 0.25) is 5.02 Å². The fraction of sp³-hybridized carbons (Fsp3) is 0.250. The average molecular weight is 292 g/mol. The van der Waals surface area contributed by atoms with Crippen LogP contribution in [0.3, 0.4) is 0 Å². The minimum absolute atomic E-state index is 0.371. The summed E-state index contributed by atoms with van der Waals surface area (Å²) in [6.07, 6.45) is 0. The highest BCUT2D eigenvalue weighted by molar-refractivity contribution is 7.99. The van der Waals surface area contributed by atoms with Gasteiger partial charge in [0.25, 0.3) is 0 Å². The van der Waals surface area contributed by atoms with Crippen LogP contribution in [-0.2, 0) is 0 Å². The third-order valence-electron chi connectivity index (χ3n) is 2.87. The number of halogens is 1. The molecule has 0 saturated carbocycles. The van der Waals surface area contributed by atoms with E-state index in [0.717, 1.165) is 17.3 Å². The van der Waals surface area contributed by atoms with Crippen LogP contribution in [0.15, 0.2) is 59.5 Å². The van der Waals surface area contributed by atoms with Gasteiger partial charge in [-0.1, -0.05) is 54.9 Å². The maximum Gasteiger partial charge on any atom is 0.0417 e. The normalized spacial score (nSPS) is 12.3. The molecule has 0 heterocycles. The predicted molar refractivity (Wildman–Crippen MR) is 85.0 cm³/mol. The second-order valence-electron chi connectivity index (χ2n) is 4.29. The smallest absolute Gasteiger partial charge is 0.0417 e. The highest BCUT2D eigenvalue weighted by Gasteiger charge is 2.10. The largest absolute Gasteiger partial charge is 0.309 e. The van der Waals surface area contributed by atoms with Crippen LogP contribution in [0, 0.1) is 0 Å². The maximum absolute atomic E-state index is 6.01. The Morgan fingerprint density at radius 2 is 1.89 bits per heavy atom. The zero-order valence-corrected chi connectivity index (χ0v) is 12.5. The first-order valence-electron chi connectivity index (χ1n) is 6.46. The maximum atomic E-state index is 6.01. The first kappa shape index (κ1) is 14.4. The number of hydrogen-bond acceptors (Lipinski definition) is 2. The van der Waals surface area contributed by atoms with Gasteiger partial charge in [-0.15, -0.1) is 11.8 Å². The van der Waals surface area contributed by atoms with E-state index in [0.29, 0.717) is 6.04 Å². The Morgan fingerprint density at radius 1 is 1.11 bits per heavy atom. The second kappa shape index (κ2) is 7.59. The number of hydrogen-bond donors (Lipinski definition) is 1. The third kappa shape index (κ3) is 4.57. The van der Waals surface area contributed by atoms with Crippen LogP contribution in [-0.4, -0.2) is 12.3 Å². The third-order valence-corrected chi connectivity index (χ3v) is 4.19. The van der Waals surface area contributed by atoms with Crippen LogP contribution in [0.5, 0.6) is 0 Å². The van der Waals surface area contributed by atoms with E-state index >= 15 is 0 Å². The van der Waals surface area contributed by atoms with Crippen molar-refractivity contribution in [3.63, 3.8) is 0 Å². The fourth-order valence-corrected chi connectivity index (χ4v) is 3.25. The SMILES string of the molecule is CCNC(CSc1cccc(Cl)c1)c1ccccc1. The van der Waals surface area contributed by atoms with E-state index in [1.54, 1.807) is 0 Å². The molecular formula is C16H18ClNS. The van der Waals surface area contributed by atoms with Gasteiger partial charge in [-0.3, -0.25) is 0 Å². The van der Waals surface area contributed by atoms with Crippen molar-refractivity contribution < 1.29 is 0 Å². The van der Waals surface area contributed by atoms with Crippen molar-refractivity contribution in [3.05, 3.63) is 65.2 Å². The average Bonchev–Trinajstić information content (AvgIpc) is 2.44. The van der Waals surface area contributed by atoms with Gasteiger partial charge in [0.15, 0.2) is 0 Å². The van der Waals surface area contributed by atoms with E-state index in [9.17, 15) is 0 Å². The summed E-state index contributed by atoms with van der Waals surface area (Å²) in [5, 5.41) is 4.33. The molecule has 0 amide bonds. The van der Waals surface area contributed by atoms with Gasteiger partial charge in [0.1, 0.15) is 0 Å². The molecule has 2 aromatic carbocycles. The standard InChI is InChI=1S/C16H18ClNS/c1-2-18-16(13-7-4-3-5-8-13)12-19-15-10-6-9-14(17)11-15/h3-11,16,18H,2,12H2,1H3. The van der Waals surface area contributed by atoms with Crippen molar-refractivity contribution in [1.82, 2.24) is 5.32 Å². The van der Waals surface area contributed by atoms with E-state index in [2.05, 4.69) is 48.6 Å². The molecule has 0 aliphatic rings. The van der Waals surface area contributed by atoms with Crippen molar-refractivity contribution >= 4 is 23.4 Å². The van der Waals surface area contributed by atoms with Crippen LogP contribution in [0.25, 0.3) is 0 Å². The zero-order chi connectivity index (χ0) is 13.5. The minimum Gasteiger partial charge on any atom is -0.309 e. The molecule has 0 radical (unpaired) electrons. The molecule has 0 bridgehead atoms. The van der Waals surface area contributed by atoms with Gasteiger partial charge in [0, 0.05) is 21.7 Å².